The largest absolute Gasteiger partial charge is 0.353 e. The quantitative estimate of drug-likeness (QED) is 0.818. The lowest BCUT2D eigenvalue weighted by atomic mass is 10.1. The molecule has 2 atom stereocenters. The molecule has 0 amide bonds. The minimum atomic E-state index is -0.0671. The van der Waals surface area contributed by atoms with Gasteiger partial charge in [-0.3, -0.25) is 0 Å². The third kappa shape index (κ3) is 3.25. The second-order valence-corrected chi connectivity index (χ2v) is 4.99. The van der Waals surface area contributed by atoms with Crippen LogP contribution >= 0.6 is 0 Å². The minimum Gasteiger partial charge on any atom is -0.353 e. The van der Waals surface area contributed by atoms with Gasteiger partial charge in [-0.1, -0.05) is 54.6 Å². The Bertz CT molecular complexity index is 556. The zero-order valence-electron chi connectivity index (χ0n) is 11.6. The molecule has 0 saturated carbocycles. The maximum absolute atomic E-state index is 5.44. The topological polar surface area (TPSA) is 33.8 Å². The predicted molar refractivity (Wildman–Crippen MR) is 78.1 cm³/mol. The van der Waals surface area contributed by atoms with Crippen molar-refractivity contribution in [3.8, 4) is 0 Å². The molecule has 2 unspecified atom stereocenters. The summed E-state index contributed by atoms with van der Waals surface area (Å²) in [5, 5.41) is 3.46. The number of hydrogen-bond acceptors (Lipinski definition) is 3. The molecule has 0 bridgehead atoms. The summed E-state index contributed by atoms with van der Waals surface area (Å²) >= 11 is 0. The van der Waals surface area contributed by atoms with Gasteiger partial charge in [-0.15, -0.1) is 0 Å². The number of rotatable bonds is 6. The van der Waals surface area contributed by atoms with Crippen molar-refractivity contribution in [2.75, 3.05) is 7.11 Å². The Balaban J connectivity index is 1.54. The summed E-state index contributed by atoms with van der Waals surface area (Å²) in [6.45, 7) is 1.73. The van der Waals surface area contributed by atoms with Crippen LogP contribution in [0.4, 0.5) is 0 Å². The second kappa shape index (κ2) is 6.18. The lowest BCUT2D eigenvalue weighted by molar-refractivity contribution is 0.0950. The fourth-order valence-electron chi connectivity index (χ4n) is 2.34. The van der Waals surface area contributed by atoms with Crippen LogP contribution < -0.4 is 5.32 Å². The molecule has 0 spiro atoms. The van der Waals surface area contributed by atoms with Crippen LogP contribution in [0.1, 0.15) is 22.8 Å². The fraction of sp³-hybridized carbons (Fsp3) is 0.294. The third-order valence-electron chi connectivity index (χ3n) is 3.46. The number of benzene rings is 2. The van der Waals surface area contributed by atoms with Gasteiger partial charge in [-0.2, -0.15) is 0 Å². The van der Waals surface area contributed by atoms with Crippen LogP contribution in [-0.2, 0) is 22.6 Å². The van der Waals surface area contributed by atoms with E-state index in [1.165, 1.54) is 16.7 Å². The molecule has 3 rings (SSSR count). The van der Waals surface area contributed by atoms with Gasteiger partial charge >= 0.3 is 0 Å². The molecule has 1 heterocycles. The molecule has 1 aliphatic rings. The predicted octanol–water partition coefficient (Wildman–Crippen LogP) is 3.02. The van der Waals surface area contributed by atoms with E-state index in [1.807, 2.05) is 6.07 Å². The van der Waals surface area contributed by atoms with Crippen LogP contribution in [0.2, 0.25) is 0 Å². The van der Waals surface area contributed by atoms with Crippen molar-refractivity contribution in [3.05, 3.63) is 71.3 Å². The number of ether oxygens (including phenoxy) is 2. The average Bonchev–Trinajstić information content (AvgIpc) is 3.28. The molecular weight excluding hydrogens is 250 g/mol. The summed E-state index contributed by atoms with van der Waals surface area (Å²) in [5.74, 6) is 0. The summed E-state index contributed by atoms with van der Waals surface area (Å²) in [6, 6.07) is 18.9. The van der Waals surface area contributed by atoms with Crippen molar-refractivity contribution in [2.45, 2.75) is 25.5 Å². The highest BCUT2D eigenvalue weighted by Gasteiger charge is 2.40. The third-order valence-corrected chi connectivity index (χ3v) is 3.46. The monoisotopic (exact) mass is 269 g/mol. The van der Waals surface area contributed by atoms with Gasteiger partial charge in [-0.25, -0.2) is 0 Å². The first-order chi connectivity index (χ1) is 9.86. The Morgan fingerprint density at radius 3 is 2.50 bits per heavy atom. The number of epoxide rings is 1. The Morgan fingerprint density at radius 2 is 1.75 bits per heavy atom. The molecule has 2 aromatic carbocycles. The lowest BCUT2D eigenvalue weighted by Gasteiger charge is -2.06. The van der Waals surface area contributed by atoms with E-state index in [0.29, 0.717) is 0 Å². The van der Waals surface area contributed by atoms with Crippen molar-refractivity contribution in [1.82, 2.24) is 5.32 Å². The number of hydrogen-bond donors (Lipinski definition) is 1. The molecule has 2 aromatic rings. The molecule has 3 nitrogen and oxygen atoms in total. The number of methoxy groups -OCH3 is 1. The molecule has 104 valence electrons. The summed E-state index contributed by atoms with van der Waals surface area (Å²) in [4.78, 5) is 0. The maximum atomic E-state index is 5.44. The highest BCUT2D eigenvalue weighted by molar-refractivity contribution is 5.27. The number of nitrogens with one attached hydrogen (secondary N) is 1. The van der Waals surface area contributed by atoms with Gasteiger partial charge in [0.25, 0.3) is 0 Å². The summed E-state index contributed by atoms with van der Waals surface area (Å²) < 4.78 is 10.6. The lowest BCUT2D eigenvalue weighted by Crippen LogP contribution is -2.12. The van der Waals surface area contributed by atoms with Crippen LogP contribution in [0.5, 0.6) is 0 Å². The molecule has 0 radical (unpaired) electrons. The van der Waals surface area contributed by atoms with E-state index in [0.717, 1.165) is 13.1 Å². The summed E-state index contributed by atoms with van der Waals surface area (Å²) in [7, 11) is 1.68. The molecule has 0 aromatic heterocycles. The SMILES string of the molecule is COC1OC1c1cccc(CNCc2ccccc2)c1. The average molecular weight is 269 g/mol. The van der Waals surface area contributed by atoms with Gasteiger partial charge in [-0.05, 0) is 16.7 Å². The minimum absolute atomic E-state index is 0.0671. The highest BCUT2D eigenvalue weighted by atomic mass is 16.8. The Labute approximate surface area is 119 Å². The van der Waals surface area contributed by atoms with E-state index in [1.54, 1.807) is 7.11 Å². The Hall–Kier alpha value is -1.68. The van der Waals surface area contributed by atoms with Crippen LogP contribution in [0.25, 0.3) is 0 Å². The van der Waals surface area contributed by atoms with Gasteiger partial charge in [0.15, 0.2) is 6.29 Å². The normalized spacial score (nSPS) is 20.9. The molecular formula is C17H19NO2. The van der Waals surface area contributed by atoms with E-state index >= 15 is 0 Å². The van der Waals surface area contributed by atoms with Crippen LogP contribution in [-0.4, -0.2) is 13.4 Å². The van der Waals surface area contributed by atoms with Gasteiger partial charge in [0.2, 0.25) is 0 Å². The Kier molecular flexibility index (Phi) is 4.11. The molecule has 1 fully saturated rings. The van der Waals surface area contributed by atoms with E-state index in [-0.39, 0.29) is 12.4 Å². The highest BCUT2D eigenvalue weighted by Crippen LogP contribution is 2.38. The first kappa shape index (κ1) is 13.3. The Morgan fingerprint density at radius 1 is 1.00 bits per heavy atom. The van der Waals surface area contributed by atoms with Gasteiger partial charge < -0.3 is 14.8 Å². The first-order valence-electron chi connectivity index (χ1n) is 6.88. The van der Waals surface area contributed by atoms with E-state index in [2.05, 4.69) is 53.8 Å². The molecule has 1 aliphatic heterocycles. The van der Waals surface area contributed by atoms with Crippen molar-refractivity contribution in [1.29, 1.82) is 0 Å². The standard InChI is InChI=1S/C17H19NO2/c1-19-17-16(20-17)15-9-5-8-14(10-15)12-18-11-13-6-3-2-4-7-13/h2-10,16-18H,11-12H2,1H3. The smallest absolute Gasteiger partial charge is 0.188 e. The fourth-order valence-corrected chi connectivity index (χ4v) is 2.34. The summed E-state index contributed by atoms with van der Waals surface area (Å²) in [5.41, 5.74) is 3.76. The molecule has 1 saturated heterocycles. The van der Waals surface area contributed by atoms with Gasteiger partial charge in [0.1, 0.15) is 6.10 Å². The van der Waals surface area contributed by atoms with E-state index < -0.39 is 0 Å². The summed E-state index contributed by atoms with van der Waals surface area (Å²) in [6.07, 6.45) is 0.0385. The first-order valence-corrected chi connectivity index (χ1v) is 6.88. The molecule has 3 heteroatoms. The van der Waals surface area contributed by atoms with Crippen molar-refractivity contribution >= 4 is 0 Å². The van der Waals surface area contributed by atoms with Crippen LogP contribution in [0.3, 0.4) is 0 Å². The van der Waals surface area contributed by atoms with Crippen molar-refractivity contribution in [3.63, 3.8) is 0 Å². The van der Waals surface area contributed by atoms with Crippen molar-refractivity contribution < 1.29 is 9.47 Å². The van der Waals surface area contributed by atoms with E-state index in [9.17, 15) is 0 Å². The zero-order chi connectivity index (χ0) is 13.8. The van der Waals surface area contributed by atoms with Crippen LogP contribution in [0.15, 0.2) is 54.6 Å². The van der Waals surface area contributed by atoms with Gasteiger partial charge in [0.05, 0.1) is 0 Å². The maximum Gasteiger partial charge on any atom is 0.188 e. The van der Waals surface area contributed by atoms with Crippen LogP contribution in [0, 0.1) is 0 Å². The second-order valence-electron chi connectivity index (χ2n) is 4.99. The zero-order valence-corrected chi connectivity index (χ0v) is 11.6. The van der Waals surface area contributed by atoms with E-state index in [4.69, 9.17) is 9.47 Å². The molecule has 20 heavy (non-hydrogen) atoms. The van der Waals surface area contributed by atoms with Crippen molar-refractivity contribution in [2.24, 2.45) is 0 Å². The molecule has 0 aliphatic carbocycles. The van der Waals surface area contributed by atoms with Gasteiger partial charge in [0, 0.05) is 20.2 Å². The molecule has 1 N–H and O–H groups in total.